The first-order valence-corrected chi connectivity index (χ1v) is 10.2. The molecule has 0 aromatic carbocycles. The van der Waals surface area contributed by atoms with Crippen molar-refractivity contribution in [3.05, 3.63) is 0 Å². The molecule has 1 saturated carbocycles. The lowest BCUT2D eigenvalue weighted by molar-refractivity contribution is -0.135. The predicted molar refractivity (Wildman–Crippen MR) is 104 cm³/mol. The average molecular weight is 352 g/mol. The van der Waals surface area contributed by atoms with Gasteiger partial charge in [0.2, 0.25) is 5.91 Å². The number of carbonyl (C=O) groups excluding carboxylic acids is 1. The number of likely N-dealkylation sites (N-methyl/N-ethyl adjacent to an activating group) is 1. The van der Waals surface area contributed by atoms with Gasteiger partial charge in [0, 0.05) is 45.2 Å². The molecule has 144 valence electrons. The molecule has 0 aromatic rings. The van der Waals surface area contributed by atoms with Crippen LogP contribution >= 0.6 is 0 Å². The van der Waals surface area contributed by atoms with E-state index in [4.69, 9.17) is 0 Å². The first-order chi connectivity index (χ1) is 12.2. The molecule has 0 spiro atoms. The van der Waals surface area contributed by atoms with Crippen LogP contribution in [0.15, 0.2) is 4.99 Å². The number of nitrogens with zero attached hydrogens (tertiary/aromatic N) is 3. The lowest BCUT2D eigenvalue weighted by atomic mass is 9.88. The minimum Gasteiger partial charge on any atom is -0.355 e. The summed E-state index contributed by atoms with van der Waals surface area (Å²) in [7, 11) is 1.81. The van der Waals surface area contributed by atoms with Crippen LogP contribution in [0, 0.1) is 5.92 Å². The summed E-state index contributed by atoms with van der Waals surface area (Å²) in [5.74, 6) is 1.51. The third-order valence-corrected chi connectivity index (χ3v) is 5.63. The number of nitrogens with one attached hydrogen (secondary N) is 2. The summed E-state index contributed by atoms with van der Waals surface area (Å²) < 4.78 is 0. The molecule has 1 aliphatic carbocycles. The highest BCUT2D eigenvalue weighted by molar-refractivity contribution is 5.81. The maximum Gasteiger partial charge on any atom is 0.225 e. The van der Waals surface area contributed by atoms with E-state index in [2.05, 4.69) is 39.3 Å². The summed E-state index contributed by atoms with van der Waals surface area (Å²) in [4.78, 5) is 21.4. The quantitative estimate of drug-likeness (QED) is 0.541. The van der Waals surface area contributed by atoms with Crippen LogP contribution in [0.1, 0.15) is 52.4 Å². The van der Waals surface area contributed by atoms with Gasteiger partial charge in [-0.05, 0) is 32.4 Å². The molecule has 1 aliphatic heterocycles. The smallest absolute Gasteiger partial charge is 0.225 e. The zero-order valence-electron chi connectivity index (χ0n) is 16.4. The van der Waals surface area contributed by atoms with E-state index >= 15 is 0 Å². The normalized spacial score (nSPS) is 22.5. The molecule has 1 heterocycles. The van der Waals surface area contributed by atoms with E-state index in [1.807, 2.05) is 7.05 Å². The van der Waals surface area contributed by atoms with Crippen LogP contribution in [0.4, 0.5) is 0 Å². The summed E-state index contributed by atoms with van der Waals surface area (Å²) in [5.41, 5.74) is 0. The molecule has 25 heavy (non-hydrogen) atoms. The Morgan fingerprint density at radius 2 is 1.88 bits per heavy atom. The molecule has 1 amide bonds. The van der Waals surface area contributed by atoms with Crippen LogP contribution in [0.3, 0.4) is 0 Å². The molecular formula is C19H37N5O. The topological polar surface area (TPSA) is 60.0 Å². The van der Waals surface area contributed by atoms with E-state index in [-0.39, 0.29) is 5.92 Å². The second kappa shape index (κ2) is 10.6. The van der Waals surface area contributed by atoms with Gasteiger partial charge < -0.3 is 20.4 Å². The number of carbonyl (C=O) groups is 1. The first kappa shape index (κ1) is 20.0. The lowest BCUT2D eigenvalue weighted by Gasteiger charge is -2.26. The molecule has 2 N–H and O–H groups in total. The third kappa shape index (κ3) is 6.17. The zero-order chi connectivity index (χ0) is 18.1. The van der Waals surface area contributed by atoms with E-state index in [0.29, 0.717) is 11.9 Å². The number of hydrogen-bond acceptors (Lipinski definition) is 3. The Hall–Kier alpha value is -1.30. The van der Waals surface area contributed by atoms with E-state index in [0.717, 1.165) is 64.5 Å². The van der Waals surface area contributed by atoms with Crippen molar-refractivity contribution in [3.8, 4) is 0 Å². The van der Waals surface area contributed by atoms with E-state index in [1.165, 1.54) is 19.3 Å². The van der Waals surface area contributed by atoms with Gasteiger partial charge in [-0.15, -0.1) is 0 Å². The molecule has 6 nitrogen and oxygen atoms in total. The van der Waals surface area contributed by atoms with Crippen LogP contribution in [0.2, 0.25) is 0 Å². The monoisotopic (exact) mass is 351 g/mol. The van der Waals surface area contributed by atoms with Crippen LogP contribution in [-0.4, -0.2) is 74.0 Å². The number of hydrogen-bond donors (Lipinski definition) is 2. The van der Waals surface area contributed by atoms with Gasteiger partial charge >= 0.3 is 0 Å². The molecule has 0 radical (unpaired) electrons. The second-order valence-electron chi connectivity index (χ2n) is 7.27. The van der Waals surface area contributed by atoms with Crippen molar-refractivity contribution < 1.29 is 4.79 Å². The Balaban J connectivity index is 1.72. The van der Waals surface area contributed by atoms with Crippen molar-refractivity contribution in [2.24, 2.45) is 10.9 Å². The molecule has 1 atom stereocenters. The zero-order valence-corrected chi connectivity index (χ0v) is 16.4. The van der Waals surface area contributed by atoms with Gasteiger partial charge in [0.05, 0.1) is 0 Å². The van der Waals surface area contributed by atoms with Gasteiger partial charge in [-0.1, -0.05) is 33.1 Å². The minimum absolute atomic E-state index is 0.277. The van der Waals surface area contributed by atoms with Crippen molar-refractivity contribution in [1.82, 2.24) is 20.4 Å². The summed E-state index contributed by atoms with van der Waals surface area (Å²) in [6.45, 7) is 10.1. The summed E-state index contributed by atoms with van der Waals surface area (Å²) in [6.07, 6.45) is 6.91. The molecular weight excluding hydrogens is 314 g/mol. The fourth-order valence-electron chi connectivity index (χ4n) is 3.95. The second-order valence-corrected chi connectivity index (χ2v) is 7.27. The van der Waals surface area contributed by atoms with Gasteiger partial charge in [-0.2, -0.15) is 0 Å². The molecule has 6 heteroatoms. The van der Waals surface area contributed by atoms with Crippen LogP contribution < -0.4 is 10.6 Å². The van der Waals surface area contributed by atoms with Crippen molar-refractivity contribution in [3.63, 3.8) is 0 Å². The molecule has 0 aromatic heterocycles. The Labute approximate surface area is 153 Å². The maximum absolute atomic E-state index is 12.7. The fraction of sp³-hybridized carbons (Fsp3) is 0.895. The summed E-state index contributed by atoms with van der Waals surface area (Å²) in [6, 6.07) is 0.312. The van der Waals surface area contributed by atoms with Gasteiger partial charge in [-0.3, -0.25) is 9.79 Å². The molecule has 2 aliphatic rings. The van der Waals surface area contributed by atoms with E-state index in [1.54, 1.807) is 0 Å². The van der Waals surface area contributed by atoms with Gasteiger partial charge in [0.1, 0.15) is 0 Å². The predicted octanol–water partition coefficient (Wildman–Crippen LogP) is 1.67. The summed E-state index contributed by atoms with van der Waals surface area (Å²) in [5, 5.41) is 6.89. The summed E-state index contributed by atoms with van der Waals surface area (Å²) >= 11 is 0. The Kier molecular flexibility index (Phi) is 8.52. The minimum atomic E-state index is 0.277. The molecule has 1 unspecified atom stereocenters. The van der Waals surface area contributed by atoms with Crippen molar-refractivity contribution in [2.45, 2.75) is 58.4 Å². The van der Waals surface area contributed by atoms with Gasteiger partial charge in [0.15, 0.2) is 5.96 Å². The SMILES string of the molecule is CCN(CC)CCNC(=NC)NC1CCN(C(=O)C2CCCCC2)C1. The van der Waals surface area contributed by atoms with Gasteiger partial charge in [0.25, 0.3) is 0 Å². The van der Waals surface area contributed by atoms with Crippen LogP contribution in [0.5, 0.6) is 0 Å². The Bertz CT molecular complexity index is 430. The Morgan fingerprint density at radius 1 is 1.16 bits per heavy atom. The highest BCUT2D eigenvalue weighted by Gasteiger charge is 2.31. The van der Waals surface area contributed by atoms with E-state index < -0.39 is 0 Å². The number of likely N-dealkylation sites (tertiary alicyclic amines) is 1. The highest BCUT2D eigenvalue weighted by atomic mass is 16.2. The van der Waals surface area contributed by atoms with Crippen molar-refractivity contribution in [1.29, 1.82) is 0 Å². The fourth-order valence-corrected chi connectivity index (χ4v) is 3.95. The first-order valence-electron chi connectivity index (χ1n) is 10.2. The van der Waals surface area contributed by atoms with E-state index in [9.17, 15) is 4.79 Å². The molecule has 2 rings (SSSR count). The maximum atomic E-state index is 12.7. The highest BCUT2D eigenvalue weighted by Crippen LogP contribution is 2.26. The van der Waals surface area contributed by atoms with Crippen LogP contribution in [-0.2, 0) is 4.79 Å². The third-order valence-electron chi connectivity index (χ3n) is 5.63. The van der Waals surface area contributed by atoms with Gasteiger partial charge in [-0.25, -0.2) is 0 Å². The number of aliphatic imine (C=N–C) groups is 1. The standard InChI is InChI=1S/C19H37N5O/c1-4-23(5-2)14-12-21-19(20-3)22-17-11-13-24(15-17)18(25)16-9-7-6-8-10-16/h16-17H,4-15H2,1-3H3,(H2,20,21,22). The molecule has 0 bridgehead atoms. The Morgan fingerprint density at radius 3 is 2.52 bits per heavy atom. The van der Waals surface area contributed by atoms with Crippen molar-refractivity contribution >= 4 is 11.9 Å². The molecule has 1 saturated heterocycles. The lowest BCUT2D eigenvalue weighted by Crippen LogP contribution is -2.47. The van der Waals surface area contributed by atoms with Crippen molar-refractivity contribution in [2.75, 3.05) is 46.3 Å². The number of amides is 1. The average Bonchev–Trinajstić information content (AvgIpc) is 3.13. The number of rotatable bonds is 7. The number of guanidine groups is 1. The van der Waals surface area contributed by atoms with Crippen LogP contribution in [0.25, 0.3) is 0 Å². The molecule has 2 fully saturated rings. The largest absolute Gasteiger partial charge is 0.355 e.